The van der Waals surface area contributed by atoms with Crippen LogP contribution in [0.3, 0.4) is 0 Å². The Morgan fingerprint density at radius 3 is 3.43 bits per heavy atom. The van der Waals surface area contributed by atoms with Crippen LogP contribution in [-0.4, -0.2) is 17.6 Å². The lowest BCUT2D eigenvalue weighted by molar-refractivity contribution is -0.145. The van der Waals surface area contributed by atoms with Gasteiger partial charge < -0.3 is 4.74 Å². The molecule has 0 saturated carbocycles. The number of aryl methyl sites for hydroxylation is 1. The number of rotatable bonds is 2. The van der Waals surface area contributed by atoms with Crippen LogP contribution in [0.1, 0.15) is 36.3 Å². The average molecular weight is 211 g/mol. The van der Waals surface area contributed by atoms with Gasteiger partial charge in [0.05, 0.1) is 17.8 Å². The fraction of sp³-hybridized carbons (Fsp3) is 0.600. The normalized spacial score (nSPS) is 20.2. The lowest BCUT2D eigenvalue weighted by Gasteiger charge is -2.19. The Balaban J connectivity index is 2.19. The van der Waals surface area contributed by atoms with Crippen molar-refractivity contribution in [2.75, 3.05) is 6.61 Å². The third kappa shape index (κ3) is 1.66. The molecule has 0 aliphatic heterocycles. The zero-order valence-electron chi connectivity index (χ0n) is 8.16. The Morgan fingerprint density at radius 1 is 1.79 bits per heavy atom. The summed E-state index contributed by atoms with van der Waals surface area (Å²) in [5.74, 6) is -0.218. The average Bonchev–Trinajstić information content (AvgIpc) is 2.65. The molecule has 76 valence electrons. The highest BCUT2D eigenvalue weighted by atomic mass is 32.1. The smallest absolute Gasteiger partial charge is 0.315 e. The van der Waals surface area contributed by atoms with Crippen molar-refractivity contribution in [3.63, 3.8) is 0 Å². The van der Waals surface area contributed by atoms with Gasteiger partial charge in [-0.2, -0.15) is 0 Å². The lowest BCUT2D eigenvalue weighted by Crippen LogP contribution is -2.20. The first kappa shape index (κ1) is 9.65. The maximum Gasteiger partial charge on any atom is 0.315 e. The number of hydrogen-bond acceptors (Lipinski definition) is 4. The first-order chi connectivity index (χ1) is 6.83. The zero-order chi connectivity index (χ0) is 9.97. The van der Waals surface area contributed by atoms with Crippen LogP contribution in [0.25, 0.3) is 0 Å². The van der Waals surface area contributed by atoms with E-state index in [4.69, 9.17) is 4.74 Å². The molecule has 0 radical (unpaired) electrons. The number of thiazole rings is 1. The number of carbonyl (C=O) groups is 1. The molecule has 0 N–H and O–H groups in total. The summed E-state index contributed by atoms with van der Waals surface area (Å²) in [6.45, 7) is 2.29. The molecule has 3 nitrogen and oxygen atoms in total. The second kappa shape index (κ2) is 4.09. The summed E-state index contributed by atoms with van der Waals surface area (Å²) >= 11 is 1.65. The number of esters is 1. The number of aromatic nitrogens is 1. The Bertz CT molecular complexity index is 335. The SMILES string of the molecule is CCOC(=O)C1CCCc2scnc21. The van der Waals surface area contributed by atoms with Crippen molar-refractivity contribution in [2.24, 2.45) is 0 Å². The molecule has 1 atom stereocenters. The Labute approximate surface area is 87.1 Å². The molecular weight excluding hydrogens is 198 g/mol. The van der Waals surface area contributed by atoms with Crippen LogP contribution < -0.4 is 0 Å². The van der Waals surface area contributed by atoms with Gasteiger partial charge in [0.2, 0.25) is 0 Å². The summed E-state index contributed by atoms with van der Waals surface area (Å²) in [7, 11) is 0. The molecule has 1 aliphatic rings. The highest BCUT2D eigenvalue weighted by Crippen LogP contribution is 2.33. The second-order valence-corrected chi connectivity index (χ2v) is 4.30. The molecule has 0 saturated heterocycles. The predicted molar refractivity (Wildman–Crippen MR) is 54.4 cm³/mol. The van der Waals surface area contributed by atoms with Gasteiger partial charge >= 0.3 is 5.97 Å². The molecule has 0 amide bonds. The molecule has 1 aromatic rings. The van der Waals surface area contributed by atoms with E-state index in [1.807, 2.05) is 12.4 Å². The third-order valence-electron chi connectivity index (χ3n) is 2.47. The molecule has 0 spiro atoms. The van der Waals surface area contributed by atoms with Crippen molar-refractivity contribution in [2.45, 2.75) is 32.1 Å². The van der Waals surface area contributed by atoms with Gasteiger partial charge in [0, 0.05) is 4.88 Å². The molecule has 14 heavy (non-hydrogen) atoms. The van der Waals surface area contributed by atoms with Gasteiger partial charge in [-0.05, 0) is 26.2 Å². The molecular formula is C10H13NO2S. The summed E-state index contributed by atoms with van der Waals surface area (Å²) in [6.07, 6.45) is 3.02. The van der Waals surface area contributed by atoms with Crippen LogP contribution >= 0.6 is 11.3 Å². The Hall–Kier alpha value is -0.900. The fourth-order valence-electron chi connectivity index (χ4n) is 1.83. The number of hydrogen-bond donors (Lipinski definition) is 0. The van der Waals surface area contributed by atoms with E-state index in [0.717, 1.165) is 25.0 Å². The molecule has 2 rings (SSSR count). The predicted octanol–water partition coefficient (Wildman–Crippen LogP) is 2.13. The molecule has 0 bridgehead atoms. The summed E-state index contributed by atoms with van der Waals surface area (Å²) in [6, 6.07) is 0. The molecule has 1 aromatic heterocycles. The Morgan fingerprint density at radius 2 is 2.64 bits per heavy atom. The first-order valence-electron chi connectivity index (χ1n) is 4.91. The molecule has 1 aliphatic carbocycles. The Kier molecular flexibility index (Phi) is 2.82. The zero-order valence-corrected chi connectivity index (χ0v) is 8.97. The molecule has 4 heteroatoms. The van der Waals surface area contributed by atoms with E-state index in [1.54, 1.807) is 11.3 Å². The van der Waals surface area contributed by atoms with Crippen molar-refractivity contribution in [3.8, 4) is 0 Å². The highest BCUT2D eigenvalue weighted by molar-refractivity contribution is 7.09. The van der Waals surface area contributed by atoms with Gasteiger partial charge in [0.25, 0.3) is 0 Å². The van der Waals surface area contributed by atoms with Gasteiger partial charge in [-0.1, -0.05) is 0 Å². The van der Waals surface area contributed by atoms with Gasteiger partial charge in [0.1, 0.15) is 5.92 Å². The summed E-state index contributed by atoms with van der Waals surface area (Å²) in [4.78, 5) is 17.1. The van der Waals surface area contributed by atoms with Crippen molar-refractivity contribution in [1.82, 2.24) is 4.98 Å². The largest absolute Gasteiger partial charge is 0.465 e. The summed E-state index contributed by atoms with van der Waals surface area (Å²) < 4.78 is 5.03. The minimum atomic E-state index is -0.112. The van der Waals surface area contributed by atoms with Crippen LogP contribution in [0.15, 0.2) is 5.51 Å². The monoisotopic (exact) mass is 211 g/mol. The van der Waals surface area contributed by atoms with Crippen molar-refractivity contribution in [3.05, 3.63) is 16.1 Å². The van der Waals surface area contributed by atoms with Gasteiger partial charge in [-0.3, -0.25) is 4.79 Å². The van der Waals surface area contributed by atoms with E-state index in [1.165, 1.54) is 4.88 Å². The summed E-state index contributed by atoms with van der Waals surface area (Å²) in [5, 5.41) is 0. The van der Waals surface area contributed by atoms with Gasteiger partial charge in [0.15, 0.2) is 0 Å². The van der Waals surface area contributed by atoms with E-state index >= 15 is 0 Å². The number of ether oxygens (including phenoxy) is 1. The van der Waals surface area contributed by atoms with Crippen molar-refractivity contribution < 1.29 is 9.53 Å². The molecule has 1 unspecified atom stereocenters. The van der Waals surface area contributed by atoms with Crippen LogP contribution in [0.2, 0.25) is 0 Å². The minimum absolute atomic E-state index is 0.107. The minimum Gasteiger partial charge on any atom is -0.465 e. The van der Waals surface area contributed by atoms with E-state index < -0.39 is 0 Å². The summed E-state index contributed by atoms with van der Waals surface area (Å²) in [5.41, 5.74) is 2.78. The number of carbonyl (C=O) groups excluding carboxylic acids is 1. The van der Waals surface area contributed by atoms with Crippen LogP contribution in [-0.2, 0) is 16.0 Å². The second-order valence-electron chi connectivity index (χ2n) is 3.36. The van der Waals surface area contributed by atoms with Gasteiger partial charge in [-0.15, -0.1) is 11.3 Å². The van der Waals surface area contributed by atoms with Gasteiger partial charge in [-0.25, -0.2) is 4.98 Å². The maximum atomic E-state index is 11.6. The molecule has 0 aromatic carbocycles. The fourth-order valence-corrected chi connectivity index (χ4v) is 2.70. The van der Waals surface area contributed by atoms with E-state index in [-0.39, 0.29) is 11.9 Å². The van der Waals surface area contributed by atoms with Crippen molar-refractivity contribution in [1.29, 1.82) is 0 Å². The molecule has 1 heterocycles. The van der Waals surface area contributed by atoms with E-state index in [2.05, 4.69) is 4.98 Å². The first-order valence-corrected chi connectivity index (χ1v) is 5.79. The highest BCUT2D eigenvalue weighted by Gasteiger charge is 2.29. The van der Waals surface area contributed by atoms with E-state index in [9.17, 15) is 4.79 Å². The van der Waals surface area contributed by atoms with Crippen LogP contribution in [0.4, 0.5) is 0 Å². The third-order valence-corrected chi connectivity index (χ3v) is 3.38. The number of nitrogens with zero attached hydrogens (tertiary/aromatic N) is 1. The molecule has 0 fully saturated rings. The van der Waals surface area contributed by atoms with Crippen molar-refractivity contribution >= 4 is 17.3 Å². The van der Waals surface area contributed by atoms with Crippen LogP contribution in [0.5, 0.6) is 0 Å². The van der Waals surface area contributed by atoms with E-state index in [0.29, 0.717) is 6.61 Å². The quantitative estimate of drug-likeness (QED) is 0.703. The lowest BCUT2D eigenvalue weighted by atomic mass is 9.91. The standard InChI is InChI=1S/C10H13NO2S/c1-2-13-10(12)7-4-3-5-8-9(7)11-6-14-8/h6-7H,2-5H2,1H3. The maximum absolute atomic E-state index is 11.6. The topological polar surface area (TPSA) is 39.2 Å². The number of fused-ring (bicyclic) bond motifs is 1. The van der Waals surface area contributed by atoms with Crippen LogP contribution in [0, 0.1) is 0 Å².